The van der Waals surface area contributed by atoms with E-state index in [-0.39, 0.29) is 23.6 Å². The maximum Gasteiger partial charge on any atom is 0.422 e. The van der Waals surface area contributed by atoms with Crippen molar-refractivity contribution in [1.82, 2.24) is 35.8 Å². The molecule has 0 aliphatic heterocycles. The molecule has 3 aromatic heterocycles. The molecule has 2 unspecified atom stereocenters. The highest BCUT2D eigenvalue weighted by molar-refractivity contribution is 5.80. The van der Waals surface area contributed by atoms with Crippen molar-refractivity contribution in [1.29, 1.82) is 0 Å². The normalized spacial score (nSPS) is 15.7. The molecule has 1 amide bonds. The molecule has 0 saturated heterocycles. The van der Waals surface area contributed by atoms with E-state index in [1.165, 1.54) is 35.2 Å². The molecule has 0 bridgehead atoms. The van der Waals surface area contributed by atoms with Gasteiger partial charge in [-0.1, -0.05) is 23.4 Å². The van der Waals surface area contributed by atoms with Crippen molar-refractivity contribution in [2.75, 3.05) is 11.9 Å². The van der Waals surface area contributed by atoms with Crippen molar-refractivity contribution in [3.63, 3.8) is 0 Å². The molecular weight excluding hydrogens is 571 g/mol. The van der Waals surface area contributed by atoms with Crippen LogP contribution in [0.2, 0.25) is 0 Å². The van der Waals surface area contributed by atoms with E-state index < -0.39 is 53.8 Å². The first kappa shape index (κ1) is 29.0. The quantitative estimate of drug-likeness (QED) is 0.0990. The van der Waals surface area contributed by atoms with Gasteiger partial charge in [-0.2, -0.15) is 18.3 Å². The molecule has 5 rings (SSSR count). The fourth-order valence-corrected chi connectivity index (χ4v) is 3.88. The van der Waals surface area contributed by atoms with E-state index in [1.54, 1.807) is 17.6 Å². The van der Waals surface area contributed by atoms with E-state index in [4.69, 9.17) is 4.52 Å². The van der Waals surface area contributed by atoms with Gasteiger partial charge in [0.05, 0.1) is 25.0 Å². The number of carbonyl (C=O) groups excluding carboxylic acids is 1. The van der Waals surface area contributed by atoms with Gasteiger partial charge in [0, 0.05) is 17.5 Å². The minimum Gasteiger partial charge on any atom is -0.376 e. The number of aliphatic hydroxyl groups excluding tert-OH is 1. The number of aromatic nitrogens is 5. The Kier molecular flexibility index (Phi) is 7.89. The van der Waals surface area contributed by atoms with Crippen molar-refractivity contribution in [3.05, 3.63) is 66.1 Å². The minimum atomic E-state index is -5.43. The summed E-state index contributed by atoms with van der Waals surface area (Å²) in [5.74, 6) is -3.68. The van der Waals surface area contributed by atoms with Gasteiger partial charge in [0.2, 0.25) is 11.5 Å². The Morgan fingerprint density at radius 2 is 1.90 bits per heavy atom. The van der Waals surface area contributed by atoms with Crippen molar-refractivity contribution in [2.24, 2.45) is 5.92 Å². The van der Waals surface area contributed by atoms with Crippen LogP contribution >= 0.6 is 0 Å². The Labute approximate surface area is 233 Å². The second-order valence-electron chi connectivity index (χ2n) is 9.52. The number of hydrogen-bond acceptors (Lipinski definition) is 10. The lowest BCUT2D eigenvalue weighted by Crippen LogP contribution is -2.66. The van der Waals surface area contributed by atoms with Gasteiger partial charge in [-0.3, -0.25) is 14.9 Å². The van der Waals surface area contributed by atoms with Crippen LogP contribution in [0.3, 0.4) is 0 Å². The Morgan fingerprint density at radius 1 is 1.14 bits per heavy atom. The summed E-state index contributed by atoms with van der Waals surface area (Å²) in [5, 5.41) is 30.7. The summed E-state index contributed by atoms with van der Waals surface area (Å²) in [4.78, 5) is 19.5. The van der Waals surface area contributed by atoms with Crippen LogP contribution in [0.1, 0.15) is 18.4 Å². The molecule has 1 aliphatic carbocycles. The Morgan fingerprint density at radius 3 is 2.57 bits per heavy atom. The van der Waals surface area contributed by atoms with Gasteiger partial charge < -0.3 is 20.1 Å². The molecule has 12 nitrogen and oxygen atoms in total. The van der Waals surface area contributed by atoms with Gasteiger partial charge in [0.25, 0.3) is 0 Å². The maximum atomic E-state index is 14.6. The first-order chi connectivity index (χ1) is 20.0. The third kappa shape index (κ3) is 6.07. The molecule has 1 aliphatic rings. The zero-order valence-corrected chi connectivity index (χ0v) is 21.4. The largest absolute Gasteiger partial charge is 0.422 e. The molecule has 2 atom stereocenters. The number of rotatable bonds is 11. The number of halogens is 5. The minimum absolute atomic E-state index is 0.0305. The lowest BCUT2D eigenvalue weighted by atomic mass is 10.0. The van der Waals surface area contributed by atoms with Crippen LogP contribution in [-0.2, 0) is 11.3 Å². The van der Waals surface area contributed by atoms with Gasteiger partial charge in [-0.15, -0.1) is 0 Å². The van der Waals surface area contributed by atoms with Crippen molar-refractivity contribution >= 4 is 11.7 Å². The summed E-state index contributed by atoms with van der Waals surface area (Å²) in [5.41, 5.74) is 0.771. The molecule has 222 valence electrons. The molecule has 42 heavy (non-hydrogen) atoms. The summed E-state index contributed by atoms with van der Waals surface area (Å²) >= 11 is 0. The lowest BCUT2D eigenvalue weighted by Gasteiger charge is -2.35. The first-order valence-electron chi connectivity index (χ1n) is 12.5. The zero-order chi connectivity index (χ0) is 30.1. The van der Waals surface area contributed by atoms with Gasteiger partial charge in [0.15, 0.2) is 23.7 Å². The van der Waals surface area contributed by atoms with Crippen LogP contribution in [0.4, 0.5) is 27.8 Å². The maximum absolute atomic E-state index is 14.6. The SMILES string of the molecule is O=C(NNC(O)C(O)(CNc1nc(-c2cc(-c3ccon3)n(Cc3ccccc3F)n2)ncc1F)C(F)(F)F)C1CC1. The van der Waals surface area contributed by atoms with Crippen LogP contribution in [0, 0.1) is 17.6 Å². The number of aliphatic hydroxyl groups is 2. The topological polar surface area (TPSA) is 163 Å². The van der Waals surface area contributed by atoms with E-state index in [0.717, 1.165) is 0 Å². The molecule has 0 spiro atoms. The van der Waals surface area contributed by atoms with Gasteiger partial charge in [0.1, 0.15) is 23.5 Å². The van der Waals surface area contributed by atoms with Crippen molar-refractivity contribution < 1.29 is 41.5 Å². The number of nitrogens with one attached hydrogen (secondary N) is 3. The molecule has 5 N–H and O–H groups in total. The number of alkyl halides is 3. The van der Waals surface area contributed by atoms with Crippen molar-refractivity contribution in [2.45, 2.75) is 37.4 Å². The highest BCUT2D eigenvalue weighted by atomic mass is 19.4. The smallest absolute Gasteiger partial charge is 0.376 e. The highest BCUT2D eigenvalue weighted by Gasteiger charge is 2.59. The molecular formula is C25H23F5N8O4. The summed E-state index contributed by atoms with van der Waals surface area (Å²) in [6.07, 6.45) is -5.09. The number of hydrazine groups is 1. The molecule has 0 radical (unpaired) electrons. The number of nitrogens with zero attached hydrogens (tertiary/aromatic N) is 5. The molecule has 3 heterocycles. The number of amides is 1. The zero-order valence-electron chi connectivity index (χ0n) is 21.4. The summed E-state index contributed by atoms with van der Waals surface area (Å²) in [7, 11) is 0. The number of carbonyl (C=O) groups is 1. The van der Waals surface area contributed by atoms with Crippen LogP contribution in [0.5, 0.6) is 0 Å². The van der Waals surface area contributed by atoms with Gasteiger partial charge in [-0.05, 0) is 25.0 Å². The second kappa shape index (κ2) is 11.4. The summed E-state index contributed by atoms with van der Waals surface area (Å²) < 4.78 is 76.6. The molecule has 4 aromatic rings. The Bertz CT molecular complexity index is 1560. The Balaban J connectivity index is 1.39. The van der Waals surface area contributed by atoms with Crippen LogP contribution in [0.15, 0.2) is 53.4 Å². The standard InChI is InChI=1S/C25H23F5N8O4/c26-15-4-2-1-3-14(15)11-38-19(17-7-8-42-37-17)9-18(36-38)21-31-10-16(27)20(33-21)32-12-24(41,25(28,29)30)23(40)35-34-22(39)13-5-6-13/h1-4,7-10,13,23,35,40-41H,5-6,11-12H2,(H,34,39)(H,31,32,33). The number of hydrogen-bond donors (Lipinski definition) is 5. The summed E-state index contributed by atoms with van der Waals surface area (Å²) in [6.45, 7) is -1.52. The van der Waals surface area contributed by atoms with Crippen molar-refractivity contribution in [3.8, 4) is 22.9 Å². The Hall–Kier alpha value is -4.48. The predicted molar refractivity (Wildman–Crippen MR) is 134 cm³/mol. The lowest BCUT2D eigenvalue weighted by molar-refractivity contribution is -0.289. The van der Waals surface area contributed by atoms with E-state index in [2.05, 4.69) is 20.2 Å². The average Bonchev–Trinajstić information content (AvgIpc) is 3.50. The fraction of sp³-hybridized carbons (Fsp3) is 0.320. The predicted octanol–water partition coefficient (Wildman–Crippen LogP) is 2.38. The summed E-state index contributed by atoms with van der Waals surface area (Å²) in [6, 6.07) is 8.93. The number of benzene rings is 1. The van der Waals surface area contributed by atoms with E-state index in [9.17, 15) is 37.0 Å². The van der Waals surface area contributed by atoms with E-state index >= 15 is 0 Å². The van der Waals surface area contributed by atoms with E-state index in [1.807, 2.05) is 10.7 Å². The number of anilines is 1. The molecule has 1 aromatic carbocycles. The first-order valence-corrected chi connectivity index (χ1v) is 12.5. The second-order valence-corrected chi connectivity index (χ2v) is 9.52. The monoisotopic (exact) mass is 594 g/mol. The molecule has 17 heteroatoms. The molecule has 1 saturated carbocycles. The third-order valence-electron chi connectivity index (χ3n) is 6.48. The van der Waals surface area contributed by atoms with Gasteiger partial charge in [-0.25, -0.2) is 24.2 Å². The highest BCUT2D eigenvalue weighted by Crippen LogP contribution is 2.34. The van der Waals surface area contributed by atoms with E-state index in [0.29, 0.717) is 30.4 Å². The van der Waals surface area contributed by atoms with Crippen LogP contribution in [-0.4, -0.2) is 65.6 Å². The average molecular weight is 595 g/mol. The third-order valence-corrected chi connectivity index (χ3v) is 6.48. The van der Waals surface area contributed by atoms with Gasteiger partial charge >= 0.3 is 6.18 Å². The fourth-order valence-electron chi connectivity index (χ4n) is 3.88. The van der Waals surface area contributed by atoms with Crippen LogP contribution in [0.25, 0.3) is 22.9 Å². The van der Waals surface area contributed by atoms with Crippen LogP contribution < -0.4 is 16.2 Å². The molecule has 1 fully saturated rings.